The number of carboxylic acids is 1. The number of carboxylic acid groups (broad SMARTS) is 1. The van der Waals surface area contributed by atoms with Gasteiger partial charge in [-0.2, -0.15) is 9.78 Å². The molecule has 0 aliphatic heterocycles. The molecule has 0 radical (unpaired) electrons. The molecule has 218 valence electrons. The molecule has 0 aliphatic carbocycles. The predicted molar refractivity (Wildman–Crippen MR) is 165 cm³/mol. The Bertz CT molecular complexity index is 2210. The summed E-state index contributed by atoms with van der Waals surface area (Å²) < 4.78 is 12.7. The van der Waals surface area contributed by atoms with Crippen molar-refractivity contribution in [1.29, 1.82) is 0 Å². The van der Waals surface area contributed by atoms with Crippen LogP contribution in [0.4, 0.5) is 5.69 Å². The van der Waals surface area contributed by atoms with Crippen molar-refractivity contribution in [2.45, 2.75) is 6.61 Å². The molecule has 0 saturated carbocycles. The number of hydrogen-bond donors (Lipinski definition) is 1. The minimum atomic E-state index is -1.12. The average Bonchev–Trinajstić information content (AvgIpc) is 3.43. The number of nitro groups is 1. The fourth-order valence-electron chi connectivity index (χ4n) is 4.54. The number of carbonyl (C=O) groups is 1. The quantitative estimate of drug-likeness (QED) is 0.106. The number of halogens is 2. The van der Waals surface area contributed by atoms with Crippen molar-refractivity contribution in [3.63, 3.8) is 0 Å². The maximum absolute atomic E-state index is 13.6. The number of ether oxygens (including phenoxy) is 1. The van der Waals surface area contributed by atoms with E-state index in [0.717, 1.165) is 4.68 Å². The van der Waals surface area contributed by atoms with Gasteiger partial charge in [0.1, 0.15) is 12.2 Å². The monoisotopic (exact) mass is 628 g/mol. The summed E-state index contributed by atoms with van der Waals surface area (Å²) in [6.45, 7) is -0.167. The van der Waals surface area contributed by atoms with Gasteiger partial charge >= 0.3 is 11.7 Å². The van der Waals surface area contributed by atoms with Gasteiger partial charge in [0.2, 0.25) is 11.6 Å². The molecule has 11 nitrogen and oxygen atoms in total. The van der Waals surface area contributed by atoms with Crippen LogP contribution in [0.15, 0.2) is 99.2 Å². The molecule has 0 aliphatic rings. The fourth-order valence-corrected chi connectivity index (χ4v) is 5.00. The maximum atomic E-state index is 13.6. The highest BCUT2D eigenvalue weighted by Crippen LogP contribution is 2.36. The first-order valence-electron chi connectivity index (χ1n) is 12.9. The number of rotatable bonds is 8. The van der Waals surface area contributed by atoms with Crippen molar-refractivity contribution in [3.05, 3.63) is 132 Å². The Morgan fingerprint density at radius 3 is 2.68 bits per heavy atom. The number of nitrogens with zero attached hydrogens (tertiary/aromatic N) is 4. The third-order valence-corrected chi connectivity index (χ3v) is 7.09. The largest absolute Gasteiger partial charge is 0.481 e. The van der Waals surface area contributed by atoms with E-state index in [1.807, 2.05) is 0 Å². The zero-order chi connectivity index (χ0) is 31.0. The van der Waals surface area contributed by atoms with Crippen LogP contribution in [0, 0.1) is 10.1 Å². The third-order valence-electron chi connectivity index (χ3n) is 6.57. The van der Waals surface area contributed by atoms with E-state index in [1.54, 1.807) is 54.6 Å². The van der Waals surface area contributed by atoms with E-state index in [4.69, 9.17) is 32.4 Å². The van der Waals surface area contributed by atoms with Crippen LogP contribution in [0.3, 0.4) is 0 Å². The zero-order valence-corrected chi connectivity index (χ0v) is 23.8. The summed E-state index contributed by atoms with van der Waals surface area (Å²) in [4.78, 5) is 40.7. The molecule has 0 saturated heterocycles. The second kappa shape index (κ2) is 11.6. The van der Waals surface area contributed by atoms with Gasteiger partial charge in [-0.25, -0.2) is 9.78 Å². The Kier molecular flexibility index (Phi) is 7.56. The lowest BCUT2D eigenvalue weighted by molar-refractivity contribution is -0.385. The van der Waals surface area contributed by atoms with E-state index in [-0.39, 0.29) is 40.1 Å². The predicted octanol–water partition coefficient (Wildman–Crippen LogP) is 7.18. The number of fused-ring (bicyclic) bond motifs is 2. The topological polar surface area (TPSA) is 150 Å². The van der Waals surface area contributed by atoms with Gasteiger partial charge in [-0.15, -0.1) is 0 Å². The molecule has 13 heteroatoms. The number of aromatic nitrogens is 2. The summed E-state index contributed by atoms with van der Waals surface area (Å²) in [5.41, 5.74) is 0.717. The van der Waals surface area contributed by atoms with E-state index in [9.17, 15) is 24.8 Å². The van der Waals surface area contributed by atoms with E-state index in [2.05, 4.69) is 10.1 Å². The van der Waals surface area contributed by atoms with Crippen molar-refractivity contribution in [2.75, 3.05) is 0 Å². The lowest BCUT2D eigenvalue weighted by Crippen LogP contribution is -2.20. The molecule has 6 aromatic rings. The maximum Gasteiger partial charge on any atom is 0.335 e. The summed E-state index contributed by atoms with van der Waals surface area (Å²) in [6.07, 6.45) is 1.24. The standard InChI is InChI=1S/C31H18Cl2N4O7/c32-21-8-9-26-20(13-21)14-27(44-26)29-35-24-7-2-1-6-22(24)30(38)36(29)34-15-18-11-23(33)28(25(12-18)37(41)42)43-16-17-4-3-5-19(10-17)31(39)40/h1-15H,16H2,(H,39,40). The van der Waals surface area contributed by atoms with Gasteiger partial charge in [0.25, 0.3) is 5.56 Å². The number of hydrogen-bond acceptors (Lipinski definition) is 8. The molecule has 0 unspecified atom stereocenters. The summed E-state index contributed by atoms with van der Waals surface area (Å²) >= 11 is 12.5. The first-order valence-corrected chi connectivity index (χ1v) is 13.6. The second-order valence-electron chi connectivity index (χ2n) is 9.51. The minimum Gasteiger partial charge on any atom is -0.481 e. The highest BCUT2D eigenvalue weighted by atomic mass is 35.5. The van der Waals surface area contributed by atoms with Crippen LogP contribution in [0.5, 0.6) is 5.75 Å². The van der Waals surface area contributed by atoms with E-state index in [0.29, 0.717) is 32.5 Å². The molecule has 0 fully saturated rings. The van der Waals surface area contributed by atoms with Crippen molar-refractivity contribution >= 4 is 62.9 Å². The lowest BCUT2D eigenvalue weighted by Gasteiger charge is -2.10. The van der Waals surface area contributed by atoms with Crippen LogP contribution in [-0.4, -0.2) is 31.9 Å². The van der Waals surface area contributed by atoms with Crippen molar-refractivity contribution < 1.29 is 24.0 Å². The van der Waals surface area contributed by atoms with E-state index < -0.39 is 22.1 Å². The first-order chi connectivity index (χ1) is 21.2. The smallest absolute Gasteiger partial charge is 0.335 e. The van der Waals surface area contributed by atoms with Gasteiger partial charge in [0.15, 0.2) is 5.76 Å². The summed E-state index contributed by atoms with van der Waals surface area (Å²) in [6, 6.07) is 22.1. The molecule has 0 amide bonds. The summed E-state index contributed by atoms with van der Waals surface area (Å²) in [7, 11) is 0. The molecule has 2 heterocycles. The van der Waals surface area contributed by atoms with E-state index >= 15 is 0 Å². The summed E-state index contributed by atoms with van der Waals surface area (Å²) in [5.74, 6) is -0.975. The van der Waals surface area contributed by atoms with Gasteiger partial charge in [0.05, 0.1) is 32.6 Å². The zero-order valence-electron chi connectivity index (χ0n) is 22.3. The van der Waals surface area contributed by atoms with Crippen molar-refractivity contribution in [2.24, 2.45) is 5.10 Å². The number of furan rings is 1. The number of benzene rings is 4. The molecular weight excluding hydrogens is 611 g/mol. The molecule has 6 rings (SSSR count). The molecule has 0 atom stereocenters. The minimum absolute atomic E-state index is 0.0440. The number of aromatic carboxylic acids is 1. The van der Waals surface area contributed by atoms with Crippen LogP contribution < -0.4 is 10.3 Å². The number of nitro benzene ring substituents is 1. The van der Waals surface area contributed by atoms with Gasteiger partial charge < -0.3 is 14.3 Å². The highest BCUT2D eigenvalue weighted by molar-refractivity contribution is 6.32. The molecular formula is C31H18Cl2N4O7. The highest BCUT2D eigenvalue weighted by Gasteiger charge is 2.22. The SMILES string of the molecule is O=C(O)c1cccc(COc2c(Cl)cc(C=Nn3c(-c4cc5cc(Cl)ccc5o4)nc4ccccc4c3=O)cc2[N+](=O)[O-])c1. The molecule has 4 aromatic carbocycles. The molecule has 0 bridgehead atoms. The van der Waals surface area contributed by atoms with Crippen LogP contribution in [0.1, 0.15) is 21.5 Å². The lowest BCUT2D eigenvalue weighted by atomic mass is 10.1. The normalized spacial score (nSPS) is 11.4. The Hall–Kier alpha value is -5.52. The Balaban J connectivity index is 1.39. The molecule has 2 aromatic heterocycles. The molecule has 1 N–H and O–H groups in total. The Morgan fingerprint density at radius 1 is 1.07 bits per heavy atom. The number of para-hydroxylation sites is 1. The summed E-state index contributed by atoms with van der Waals surface area (Å²) in [5, 5.41) is 26.9. The van der Waals surface area contributed by atoms with Gasteiger partial charge in [-0.1, -0.05) is 47.5 Å². The molecule has 0 spiro atoms. The fraction of sp³-hybridized carbons (Fsp3) is 0.0323. The Labute approximate surface area is 257 Å². The average molecular weight is 629 g/mol. The Morgan fingerprint density at radius 2 is 1.89 bits per heavy atom. The van der Waals surface area contributed by atoms with Gasteiger partial charge in [0, 0.05) is 22.0 Å². The van der Waals surface area contributed by atoms with Crippen molar-refractivity contribution in [3.8, 4) is 17.3 Å². The van der Waals surface area contributed by atoms with E-state index in [1.165, 1.54) is 36.5 Å². The first kappa shape index (κ1) is 28.6. The molecule has 44 heavy (non-hydrogen) atoms. The van der Waals surface area contributed by atoms with Crippen LogP contribution in [-0.2, 0) is 6.61 Å². The van der Waals surface area contributed by atoms with Crippen LogP contribution in [0.25, 0.3) is 33.5 Å². The third kappa shape index (κ3) is 5.61. The second-order valence-corrected chi connectivity index (χ2v) is 10.4. The van der Waals surface area contributed by atoms with Gasteiger partial charge in [-0.05, 0) is 60.2 Å². The van der Waals surface area contributed by atoms with Crippen LogP contribution >= 0.6 is 23.2 Å². The van der Waals surface area contributed by atoms with Crippen LogP contribution in [0.2, 0.25) is 10.0 Å². The van der Waals surface area contributed by atoms with Crippen molar-refractivity contribution in [1.82, 2.24) is 9.66 Å². The van der Waals surface area contributed by atoms with Gasteiger partial charge in [-0.3, -0.25) is 14.9 Å².